The van der Waals surface area contributed by atoms with Crippen LogP contribution in [0.2, 0.25) is 0 Å². The number of rotatable bonds is 5. The van der Waals surface area contributed by atoms with Gasteiger partial charge in [-0.05, 0) is 30.3 Å². The van der Waals surface area contributed by atoms with Gasteiger partial charge in [-0.3, -0.25) is 10.1 Å². The summed E-state index contributed by atoms with van der Waals surface area (Å²) in [5.41, 5.74) is 0.657. The molecule has 0 aliphatic rings. The minimum atomic E-state index is -0.160. The van der Waals surface area contributed by atoms with Crippen molar-refractivity contribution in [3.05, 3.63) is 48.9 Å². The highest BCUT2D eigenvalue weighted by Gasteiger charge is 2.07. The molecule has 6 nitrogen and oxygen atoms in total. The molecule has 0 unspecified atom stereocenters. The molecule has 0 radical (unpaired) electrons. The third-order valence-corrected chi connectivity index (χ3v) is 3.47. The Balaban J connectivity index is 1.55. The number of nitrogens with one attached hydrogen (secondary N) is 1. The first kappa shape index (κ1) is 13.4. The zero-order chi connectivity index (χ0) is 14.5. The van der Waals surface area contributed by atoms with E-state index in [1.54, 1.807) is 36.6 Å². The predicted molar refractivity (Wildman–Crippen MR) is 77.8 cm³/mol. The Kier molecular flexibility index (Phi) is 4.02. The average Bonchev–Trinajstić information content (AvgIpc) is 3.19. The lowest BCUT2D eigenvalue weighted by atomic mass is 10.3. The maximum atomic E-state index is 11.7. The molecule has 106 valence electrons. The molecule has 3 heterocycles. The number of furan rings is 2. The SMILES string of the molecule is O=C(CSc1ccc(-c2ccco2)nn1)Nc1ccco1. The van der Waals surface area contributed by atoms with Gasteiger partial charge < -0.3 is 8.83 Å². The number of hydrogen-bond donors (Lipinski definition) is 1. The molecule has 0 bridgehead atoms. The Morgan fingerprint density at radius 3 is 2.62 bits per heavy atom. The Labute approximate surface area is 124 Å². The molecule has 3 rings (SSSR count). The molecule has 1 amide bonds. The number of carbonyl (C=O) groups excluding carboxylic acids is 1. The molecule has 1 N–H and O–H groups in total. The number of aromatic nitrogens is 2. The van der Waals surface area contributed by atoms with Crippen LogP contribution in [0.4, 0.5) is 5.88 Å². The maximum Gasteiger partial charge on any atom is 0.237 e. The minimum absolute atomic E-state index is 0.160. The number of anilines is 1. The molecule has 0 atom stereocenters. The molecule has 21 heavy (non-hydrogen) atoms. The predicted octanol–water partition coefficient (Wildman–Crippen LogP) is 3.06. The zero-order valence-corrected chi connectivity index (χ0v) is 11.7. The Bertz CT molecular complexity index is 694. The highest BCUT2D eigenvalue weighted by Crippen LogP contribution is 2.20. The van der Waals surface area contributed by atoms with Gasteiger partial charge in [0.25, 0.3) is 0 Å². The van der Waals surface area contributed by atoms with Gasteiger partial charge >= 0.3 is 0 Å². The fourth-order valence-corrected chi connectivity index (χ4v) is 2.23. The van der Waals surface area contributed by atoms with Crippen molar-refractivity contribution in [3.63, 3.8) is 0 Å². The highest BCUT2D eigenvalue weighted by molar-refractivity contribution is 7.99. The van der Waals surface area contributed by atoms with E-state index < -0.39 is 0 Å². The van der Waals surface area contributed by atoms with Gasteiger partial charge in [0.05, 0.1) is 18.3 Å². The van der Waals surface area contributed by atoms with E-state index in [-0.39, 0.29) is 11.7 Å². The number of nitrogens with zero attached hydrogens (tertiary/aromatic N) is 2. The lowest BCUT2D eigenvalue weighted by molar-refractivity contribution is -0.113. The second-order valence-electron chi connectivity index (χ2n) is 4.05. The van der Waals surface area contributed by atoms with E-state index in [2.05, 4.69) is 15.5 Å². The Hall–Kier alpha value is -2.54. The third-order valence-electron chi connectivity index (χ3n) is 2.55. The summed E-state index contributed by atoms with van der Waals surface area (Å²) < 4.78 is 10.3. The van der Waals surface area contributed by atoms with Gasteiger partial charge in [-0.2, -0.15) is 0 Å². The van der Waals surface area contributed by atoms with Crippen molar-refractivity contribution in [2.24, 2.45) is 0 Å². The topological polar surface area (TPSA) is 81.2 Å². The van der Waals surface area contributed by atoms with Crippen LogP contribution in [0.15, 0.2) is 62.8 Å². The third kappa shape index (κ3) is 3.51. The normalized spacial score (nSPS) is 10.5. The van der Waals surface area contributed by atoms with Crippen molar-refractivity contribution in [1.82, 2.24) is 10.2 Å². The van der Waals surface area contributed by atoms with Crippen LogP contribution in [-0.4, -0.2) is 21.9 Å². The Morgan fingerprint density at radius 2 is 1.95 bits per heavy atom. The van der Waals surface area contributed by atoms with E-state index in [9.17, 15) is 4.79 Å². The lowest BCUT2D eigenvalue weighted by Crippen LogP contribution is -2.13. The first-order valence-corrected chi connectivity index (χ1v) is 7.13. The summed E-state index contributed by atoms with van der Waals surface area (Å²) in [6, 6.07) is 10.6. The van der Waals surface area contributed by atoms with E-state index in [1.165, 1.54) is 18.0 Å². The average molecular weight is 301 g/mol. The quantitative estimate of drug-likeness (QED) is 0.729. The second-order valence-corrected chi connectivity index (χ2v) is 5.04. The van der Waals surface area contributed by atoms with Crippen molar-refractivity contribution < 1.29 is 13.6 Å². The molecular weight excluding hydrogens is 290 g/mol. The molecule has 7 heteroatoms. The molecule has 0 saturated heterocycles. The van der Waals surface area contributed by atoms with Gasteiger partial charge in [0.1, 0.15) is 10.7 Å². The fourth-order valence-electron chi connectivity index (χ4n) is 1.62. The summed E-state index contributed by atoms with van der Waals surface area (Å²) in [6.07, 6.45) is 3.08. The van der Waals surface area contributed by atoms with Crippen LogP contribution in [-0.2, 0) is 4.79 Å². The van der Waals surface area contributed by atoms with Crippen LogP contribution in [0.5, 0.6) is 0 Å². The van der Waals surface area contributed by atoms with Gasteiger partial charge in [0.15, 0.2) is 11.6 Å². The van der Waals surface area contributed by atoms with Crippen molar-refractivity contribution in [2.45, 2.75) is 5.03 Å². The van der Waals surface area contributed by atoms with Gasteiger partial charge in [-0.25, -0.2) is 0 Å². The van der Waals surface area contributed by atoms with Gasteiger partial charge in [-0.15, -0.1) is 10.2 Å². The van der Waals surface area contributed by atoms with Crippen LogP contribution in [0.3, 0.4) is 0 Å². The molecule has 3 aromatic heterocycles. The Morgan fingerprint density at radius 1 is 1.10 bits per heavy atom. The molecule has 3 aromatic rings. The summed E-state index contributed by atoms with van der Waals surface area (Å²) >= 11 is 1.30. The van der Waals surface area contributed by atoms with Gasteiger partial charge in [-0.1, -0.05) is 11.8 Å². The second kappa shape index (κ2) is 6.27. The molecule has 0 aliphatic heterocycles. The number of thioether (sulfide) groups is 1. The van der Waals surface area contributed by atoms with Crippen LogP contribution in [0.1, 0.15) is 0 Å². The van der Waals surface area contributed by atoms with E-state index in [0.29, 0.717) is 22.4 Å². The van der Waals surface area contributed by atoms with E-state index in [1.807, 2.05) is 6.07 Å². The monoisotopic (exact) mass is 301 g/mol. The smallest absolute Gasteiger partial charge is 0.237 e. The summed E-state index contributed by atoms with van der Waals surface area (Å²) in [6.45, 7) is 0. The molecule has 0 fully saturated rings. The van der Waals surface area contributed by atoms with E-state index in [4.69, 9.17) is 8.83 Å². The van der Waals surface area contributed by atoms with Gasteiger partial charge in [0.2, 0.25) is 5.91 Å². The summed E-state index contributed by atoms with van der Waals surface area (Å²) in [5, 5.41) is 11.4. The van der Waals surface area contributed by atoms with E-state index in [0.717, 1.165) is 0 Å². The largest absolute Gasteiger partial charge is 0.463 e. The number of carbonyl (C=O) groups is 1. The molecular formula is C14H11N3O3S. The number of amides is 1. The fraction of sp³-hybridized carbons (Fsp3) is 0.0714. The van der Waals surface area contributed by atoms with Crippen LogP contribution in [0.25, 0.3) is 11.5 Å². The summed E-state index contributed by atoms with van der Waals surface area (Å²) in [5.74, 6) is 1.16. The molecule has 0 saturated carbocycles. The van der Waals surface area contributed by atoms with Crippen LogP contribution in [0, 0.1) is 0 Å². The molecule has 0 aliphatic carbocycles. The molecule has 0 spiro atoms. The summed E-state index contributed by atoms with van der Waals surface area (Å²) in [7, 11) is 0. The molecule has 0 aromatic carbocycles. The van der Waals surface area contributed by atoms with E-state index >= 15 is 0 Å². The first-order chi connectivity index (χ1) is 10.3. The van der Waals surface area contributed by atoms with Crippen LogP contribution < -0.4 is 5.32 Å². The minimum Gasteiger partial charge on any atom is -0.463 e. The van der Waals surface area contributed by atoms with Crippen molar-refractivity contribution >= 4 is 23.6 Å². The van der Waals surface area contributed by atoms with Crippen LogP contribution >= 0.6 is 11.8 Å². The number of hydrogen-bond acceptors (Lipinski definition) is 6. The first-order valence-electron chi connectivity index (χ1n) is 6.15. The maximum absolute atomic E-state index is 11.7. The lowest BCUT2D eigenvalue weighted by Gasteiger charge is -2.02. The summed E-state index contributed by atoms with van der Waals surface area (Å²) in [4.78, 5) is 11.7. The van der Waals surface area contributed by atoms with Gasteiger partial charge in [0, 0.05) is 6.07 Å². The zero-order valence-electron chi connectivity index (χ0n) is 10.9. The standard InChI is InChI=1S/C14H11N3O3S/c18-12(15-13-4-2-8-20-13)9-21-14-6-5-10(16-17-14)11-3-1-7-19-11/h1-8H,9H2,(H,15,18). The van der Waals surface area contributed by atoms with Crippen molar-refractivity contribution in [1.29, 1.82) is 0 Å². The highest BCUT2D eigenvalue weighted by atomic mass is 32.2. The van der Waals surface area contributed by atoms with Crippen molar-refractivity contribution in [3.8, 4) is 11.5 Å². The van der Waals surface area contributed by atoms with Crippen molar-refractivity contribution in [2.75, 3.05) is 11.1 Å².